The number of fused-ring (bicyclic) bond motifs is 1. The molecule has 2 aromatic carbocycles. The molecule has 202 valence electrons. The van der Waals surface area contributed by atoms with Crippen molar-refractivity contribution in [1.29, 1.82) is 0 Å². The molecule has 0 unspecified atom stereocenters. The highest BCUT2D eigenvalue weighted by molar-refractivity contribution is 5.50. The van der Waals surface area contributed by atoms with Crippen LogP contribution in [0.4, 0.5) is 0 Å². The van der Waals surface area contributed by atoms with Crippen LogP contribution in [0.1, 0.15) is 22.3 Å². The largest absolute Gasteiger partial charge is 0.488 e. The van der Waals surface area contributed by atoms with Crippen molar-refractivity contribution in [1.82, 2.24) is 14.9 Å². The number of ether oxygens (including phenoxy) is 4. The van der Waals surface area contributed by atoms with E-state index in [4.69, 9.17) is 24.1 Å². The predicted octanol–water partition coefficient (Wildman–Crippen LogP) is 3.55. The second-order valence-corrected chi connectivity index (χ2v) is 9.10. The van der Waals surface area contributed by atoms with E-state index < -0.39 is 0 Å². The summed E-state index contributed by atoms with van der Waals surface area (Å²) < 4.78 is 25.1. The van der Waals surface area contributed by atoms with Crippen LogP contribution < -0.4 is 29.8 Å². The van der Waals surface area contributed by atoms with Gasteiger partial charge >= 0.3 is 0 Å². The van der Waals surface area contributed by atoms with E-state index in [9.17, 15) is 4.79 Å². The minimum Gasteiger partial charge on any atom is -0.488 e. The minimum atomic E-state index is -0.176. The number of nitrogens with one attached hydrogen (secondary N) is 1. The maximum atomic E-state index is 13.3. The number of hydrogen-bond acceptors (Lipinski definition) is 8. The van der Waals surface area contributed by atoms with Gasteiger partial charge in [0.1, 0.15) is 37.9 Å². The molecule has 5 rings (SSSR count). The van der Waals surface area contributed by atoms with Crippen LogP contribution in [0.5, 0.6) is 23.0 Å². The molecular weight excluding hydrogens is 498 g/mol. The number of aryl methyl sites for hydroxylation is 1. The van der Waals surface area contributed by atoms with E-state index in [-0.39, 0.29) is 18.8 Å². The SMILES string of the molecule is Cc1cc(CNCCO)c(OCc2cccnc2)cc1OCc1cccn(-c2ccc3c(c2)OCCO3)c1=O. The van der Waals surface area contributed by atoms with E-state index in [2.05, 4.69) is 10.3 Å². The van der Waals surface area contributed by atoms with Gasteiger partial charge in [0.15, 0.2) is 11.5 Å². The molecule has 39 heavy (non-hydrogen) atoms. The topological polar surface area (TPSA) is 104 Å². The van der Waals surface area contributed by atoms with Crippen LogP contribution in [-0.4, -0.2) is 41.0 Å². The first-order chi connectivity index (χ1) is 19.1. The summed E-state index contributed by atoms with van der Waals surface area (Å²) in [5, 5.41) is 12.3. The van der Waals surface area contributed by atoms with Crippen LogP contribution in [0.3, 0.4) is 0 Å². The Morgan fingerprint density at radius 1 is 0.974 bits per heavy atom. The Kier molecular flexibility index (Phi) is 8.40. The van der Waals surface area contributed by atoms with Gasteiger partial charge in [-0.3, -0.25) is 14.3 Å². The molecule has 0 spiro atoms. The third-order valence-electron chi connectivity index (χ3n) is 6.29. The van der Waals surface area contributed by atoms with Crippen molar-refractivity contribution in [3.8, 4) is 28.7 Å². The van der Waals surface area contributed by atoms with Crippen molar-refractivity contribution in [3.05, 3.63) is 106 Å². The van der Waals surface area contributed by atoms with Gasteiger partial charge in [-0.2, -0.15) is 0 Å². The fourth-order valence-corrected chi connectivity index (χ4v) is 4.29. The zero-order chi connectivity index (χ0) is 27.0. The molecule has 2 aromatic heterocycles. The second kappa shape index (κ2) is 12.5. The van der Waals surface area contributed by atoms with E-state index in [1.54, 1.807) is 35.3 Å². The van der Waals surface area contributed by atoms with Crippen LogP contribution in [0.15, 0.2) is 78.0 Å². The number of pyridine rings is 2. The lowest BCUT2D eigenvalue weighted by Crippen LogP contribution is -2.23. The fourth-order valence-electron chi connectivity index (χ4n) is 4.29. The molecule has 1 aliphatic heterocycles. The standard InChI is InChI=1S/C30H31N3O6/c1-21-14-24(18-32-9-11-34)28(38-19-22-4-2-8-31-17-22)16-27(21)39-20-23-5-3-10-33(30(23)35)25-6-7-26-29(15-25)37-13-12-36-26/h2-8,10,14-17,32,34H,9,11-13,18-20H2,1H3. The normalized spacial score (nSPS) is 12.3. The second-order valence-electron chi connectivity index (χ2n) is 9.10. The van der Waals surface area contributed by atoms with Crippen molar-refractivity contribution in [2.45, 2.75) is 26.7 Å². The number of hydrogen-bond donors (Lipinski definition) is 2. The van der Waals surface area contributed by atoms with E-state index in [0.717, 1.165) is 16.7 Å². The molecule has 9 nitrogen and oxygen atoms in total. The van der Waals surface area contributed by atoms with E-state index in [1.165, 1.54) is 0 Å². The molecule has 4 aromatic rings. The summed E-state index contributed by atoms with van der Waals surface area (Å²) >= 11 is 0. The monoisotopic (exact) mass is 529 g/mol. The summed E-state index contributed by atoms with van der Waals surface area (Å²) in [7, 11) is 0. The van der Waals surface area contributed by atoms with Gasteiger partial charge in [0.05, 0.1) is 17.9 Å². The van der Waals surface area contributed by atoms with E-state index >= 15 is 0 Å². The van der Waals surface area contributed by atoms with Crippen LogP contribution in [0.2, 0.25) is 0 Å². The molecule has 0 saturated carbocycles. The Balaban J connectivity index is 1.35. The van der Waals surface area contributed by atoms with Crippen molar-refractivity contribution in [2.75, 3.05) is 26.4 Å². The number of aliphatic hydroxyl groups excluding tert-OH is 1. The molecule has 0 bridgehead atoms. The molecule has 0 aliphatic carbocycles. The van der Waals surface area contributed by atoms with Crippen LogP contribution in [0.25, 0.3) is 5.69 Å². The van der Waals surface area contributed by atoms with Crippen LogP contribution in [-0.2, 0) is 19.8 Å². The minimum absolute atomic E-state index is 0.0485. The van der Waals surface area contributed by atoms with Crippen molar-refractivity contribution in [3.63, 3.8) is 0 Å². The molecule has 0 amide bonds. The zero-order valence-corrected chi connectivity index (χ0v) is 21.8. The van der Waals surface area contributed by atoms with Gasteiger partial charge in [-0.05, 0) is 48.9 Å². The Morgan fingerprint density at radius 2 is 1.82 bits per heavy atom. The van der Waals surface area contributed by atoms with Gasteiger partial charge in [-0.25, -0.2) is 0 Å². The first kappa shape index (κ1) is 26.3. The summed E-state index contributed by atoms with van der Waals surface area (Å²) in [6.07, 6.45) is 5.20. The van der Waals surface area contributed by atoms with Gasteiger partial charge in [-0.15, -0.1) is 0 Å². The summed E-state index contributed by atoms with van der Waals surface area (Å²) in [6, 6.07) is 16.7. The number of aliphatic hydroxyl groups is 1. The number of nitrogens with zero attached hydrogens (tertiary/aromatic N) is 2. The average Bonchev–Trinajstić information content (AvgIpc) is 2.97. The smallest absolute Gasteiger partial charge is 0.261 e. The molecule has 2 N–H and O–H groups in total. The lowest BCUT2D eigenvalue weighted by molar-refractivity contribution is 0.171. The van der Waals surface area contributed by atoms with Crippen LogP contribution in [0, 0.1) is 6.92 Å². The quantitative estimate of drug-likeness (QED) is 0.284. The molecule has 0 radical (unpaired) electrons. The highest BCUT2D eigenvalue weighted by Crippen LogP contribution is 2.32. The first-order valence-corrected chi connectivity index (χ1v) is 12.8. The molecular formula is C30H31N3O6. The highest BCUT2D eigenvalue weighted by Gasteiger charge is 2.15. The molecule has 0 atom stereocenters. The first-order valence-electron chi connectivity index (χ1n) is 12.8. The Morgan fingerprint density at radius 3 is 2.64 bits per heavy atom. The average molecular weight is 530 g/mol. The van der Waals surface area contributed by atoms with Crippen molar-refractivity contribution >= 4 is 0 Å². The molecule has 1 aliphatic rings. The van der Waals surface area contributed by atoms with Crippen molar-refractivity contribution < 1.29 is 24.1 Å². The summed E-state index contributed by atoms with van der Waals surface area (Å²) in [5.74, 6) is 2.57. The fraction of sp³-hybridized carbons (Fsp3) is 0.267. The maximum absolute atomic E-state index is 13.3. The van der Waals surface area contributed by atoms with Gasteiger partial charge in [0.2, 0.25) is 0 Å². The van der Waals surface area contributed by atoms with Crippen LogP contribution >= 0.6 is 0 Å². The molecule has 9 heteroatoms. The molecule has 0 saturated heterocycles. The number of rotatable bonds is 11. The Hall–Kier alpha value is -4.34. The third kappa shape index (κ3) is 6.39. The van der Waals surface area contributed by atoms with E-state index in [1.807, 2.05) is 49.4 Å². The molecule has 3 heterocycles. The summed E-state index contributed by atoms with van der Waals surface area (Å²) in [5.41, 5.74) is 3.82. The molecule has 0 fully saturated rings. The van der Waals surface area contributed by atoms with E-state index in [0.29, 0.717) is 67.2 Å². The highest BCUT2D eigenvalue weighted by atomic mass is 16.6. The Labute approximate surface area is 226 Å². The van der Waals surface area contributed by atoms with Gasteiger partial charge < -0.3 is 29.4 Å². The lowest BCUT2D eigenvalue weighted by Gasteiger charge is -2.19. The third-order valence-corrected chi connectivity index (χ3v) is 6.29. The summed E-state index contributed by atoms with van der Waals surface area (Å²) in [6.45, 7) is 4.43. The van der Waals surface area contributed by atoms with Gasteiger partial charge in [-0.1, -0.05) is 6.07 Å². The van der Waals surface area contributed by atoms with Crippen molar-refractivity contribution in [2.24, 2.45) is 0 Å². The number of benzene rings is 2. The zero-order valence-electron chi connectivity index (χ0n) is 21.8. The number of aromatic nitrogens is 2. The maximum Gasteiger partial charge on any atom is 0.261 e. The Bertz CT molecular complexity index is 1470. The predicted molar refractivity (Wildman–Crippen MR) is 146 cm³/mol. The van der Waals surface area contributed by atoms with Gasteiger partial charge in [0, 0.05) is 54.9 Å². The van der Waals surface area contributed by atoms with Gasteiger partial charge in [0.25, 0.3) is 5.56 Å². The summed E-state index contributed by atoms with van der Waals surface area (Å²) in [4.78, 5) is 17.5. The lowest BCUT2D eigenvalue weighted by atomic mass is 10.1.